The number of hydrogen-bond acceptors (Lipinski definition) is 18. The molecular formula is C48H60Cl2N10O10S2. The van der Waals surface area contributed by atoms with Crippen molar-refractivity contribution in [3.05, 3.63) is 106 Å². The molecule has 2 aliphatic rings. The minimum atomic E-state index is -3.72. The van der Waals surface area contributed by atoms with Crippen molar-refractivity contribution >= 4 is 42.9 Å². The molecule has 0 bridgehead atoms. The van der Waals surface area contributed by atoms with E-state index in [1.807, 2.05) is 0 Å². The molecule has 0 spiro atoms. The number of halogens is 2. The second-order valence-corrected chi connectivity index (χ2v) is 23.5. The van der Waals surface area contributed by atoms with Crippen LogP contribution in [0, 0.1) is 11.8 Å². The summed E-state index contributed by atoms with van der Waals surface area (Å²) < 4.78 is 92.3. The number of benzene rings is 2. The predicted octanol–water partition coefficient (Wildman–Crippen LogP) is 7.86. The quantitative estimate of drug-likeness (QED) is 0.0796. The lowest BCUT2D eigenvalue weighted by Crippen LogP contribution is -2.27. The van der Waals surface area contributed by atoms with Crippen molar-refractivity contribution in [1.82, 2.24) is 49.5 Å². The lowest BCUT2D eigenvalue weighted by molar-refractivity contribution is 0.0856. The Morgan fingerprint density at radius 2 is 0.889 bits per heavy atom. The third-order valence-corrected chi connectivity index (χ3v) is 18.1. The highest BCUT2D eigenvalue weighted by Gasteiger charge is 2.39. The largest absolute Gasteiger partial charge is 0.494 e. The van der Waals surface area contributed by atoms with Gasteiger partial charge >= 0.3 is 0 Å². The molecule has 72 heavy (non-hydrogen) atoms. The molecule has 0 aliphatic carbocycles. The van der Waals surface area contributed by atoms with Gasteiger partial charge in [0, 0.05) is 49.8 Å². The highest BCUT2D eigenvalue weighted by atomic mass is 35.5. The van der Waals surface area contributed by atoms with Crippen LogP contribution in [0.25, 0.3) is 11.4 Å². The molecule has 6 aromatic rings. The average Bonchev–Trinajstić information content (AvgIpc) is 4.19. The van der Waals surface area contributed by atoms with Gasteiger partial charge in [-0.15, -0.1) is 20.4 Å². The predicted molar refractivity (Wildman–Crippen MR) is 269 cm³/mol. The third kappa shape index (κ3) is 11.5. The van der Waals surface area contributed by atoms with Crippen LogP contribution in [-0.2, 0) is 40.7 Å². The molecule has 2 saturated heterocycles. The van der Waals surface area contributed by atoms with E-state index in [-0.39, 0.29) is 47.2 Å². The van der Waals surface area contributed by atoms with Gasteiger partial charge < -0.3 is 28.4 Å². The van der Waals surface area contributed by atoms with Crippen LogP contribution in [0.3, 0.4) is 0 Å². The van der Waals surface area contributed by atoms with E-state index in [1.54, 1.807) is 102 Å². The van der Waals surface area contributed by atoms with Crippen LogP contribution in [0.4, 0.5) is 0 Å². The minimum absolute atomic E-state index is 0.180. The summed E-state index contributed by atoms with van der Waals surface area (Å²) in [5.74, 6) is 2.99. The summed E-state index contributed by atoms with van der Waals surface area (Å²) in [4.78, 5) is 16.8. The molecule has 4 aromatic heterocycles. The smallest absolute Gasteiger partial charge is 0.167 e. The van der Waals surface area contributed by atoms with Gasteiger partial charge in [-0.1, -0.05) is 63.0 Å². The van der Waals surface area contributed by atoms with Gasteiger partial charge in [0.25, 0.3) is 0 Å². The third-order valence-electron chi connectivity index (χ3n) is 13.3. The highest BCUT2D eigenvalue weighted by molar-refractivity contribution is 7.91. The molecule has 8 rings (SSSR count). The summed E-state index contributed by atoms with van der Waals surface area (Å²) in [6.07, 6.45) is 6.87. The van der Waals surface area contributed by atoms with Crippen molar-refractivity contribution in [1.29, 1.82) is 0 Å². The lowest BCUT2D eigenvalue weighted by Gasteiger charge is -2.22. The van der Waals surface area contributed by atoms with Gasteiger partial charge in [-0.3, -0.25) is 9.13 Å². The van der Waals surface area contributed by atoms with Gasteiger partial charge in [-0.05, 0) is 62.8 Å². The van der Waals surface area contributed by atoms with Gasteiger partial charge in [0.1, 0.15) is 69.7 Å². The van der Waals surface area contributed by atoms with Gasteiger partial charge in [0.2, 0.25) is 0 Å². The maximum absolute atomic E-state index is 13.6. The number of ether oxygens (including phenoxy) is 6. The van der Waals surface area contributed by atoms with E-state index in [9.17, 15) is 16.8 Å². The Hall–Kier alpha value is -5.52. The van der Waals surface area contributed by atoms with E-state index in [0.717, 1.165) is 12.8 Å². The number of hydrogen-bond donors (Lipinski definition) is 0. The summed E-state index contributed by atoms with van der Waals surface area (Å²) in [6.45, 7) is 12.2. The first kappa shape index (κ1) is 54.3. The molecule has 6 heterocycles. The second-order valence-electron chi connectivity index (χ2n) is 17.9. The Kier molecular flexibility index (Phi) is 17.4. The summed E-state index contributed by atoms with van der Waals surface area (Å²) >= 11 is 11.8. The zero-order chi connectivity index (χ0) is 52.1. The van der Waals surface area contributed by atoms with Crippen molar-refractivity contribution in [2.24, 2.45) is 11.8 Å². The minimum Gasteiger partial charge on any atom is -0.494 e. The number of methoxy groups -OCH3 is 4. The zero-order valence-corrected chi connectivity index (χ0v) is 44.9. The Morgan fingerprint density at radius 3 is 1.17 bits per heavy atom. The van der Waals surface area contributed by atoms with Crippen LogP contribution >= 0.6 is 23.2 Å². The molecule has 0 saturated carbocycles. The van der Waals surface area contributed by atoms with Crippen LogP contribution < -0.4 is 18.9 Å². The molecule has 388 valence electrons. The van der Waals surface area contributed by atoms with E-state index in [0.29, 0.717) is 80.9 Å². The summed E-state index contributed by atoms with van der Waals surface area (Å²) in [6, 6.07) is 10.7. The van der Waals surface area contributed by atoms with E-state index >= 15 is 0 Å². The molecule has 0 N–H and O–H groups in total. The first-order chi connectivity index (χ1) is 34.3. The van der Waals surface area contributed by atoms with Crippen LogP contribution in [0.2, 0.25) is 10.0 Å². The molecule has 2 fully saturated rings. The number of nitrogens with zero attached hydrogens (tertiary/aromatic N) is 10. The summed E-state index contributed by atoms with van der Waals surface area (Å²) in [5, 5.41) is 16.6. The first-order valence-corrected chi connectivity index (χ1v) is 27.5. The van der Waals surface area contributed by atoms with Crippen molar-refractivity contribution in [3.8, 4) is 34.4 Å². The SMILES string of the molecule is COc1cccc(OC)c1-n1c(CS(=O)(=O)[C@@H](C)[C@H](C)c2ncc(Cl)cn2)nnc1[C@@H]1OCC[C@@H]1C.COc1cccc(OC)c1-n1c(CS(=O)(=O)[C@@H](C)[C@H](C)c2ncc(Cl)cn2)nnc1[C@H]1OCC[C@H]1C. The molecule has 0 unspecified atom stereocenters. The summed E-state index contributed by atoms with van der Waals surface area (Å²) in [7, 11) is -1.27. The Balaban J connectivity index is 0.000000211. The zero-order valence-electron chi connectivity index (χ0n) is 41.8. The van der Waals surface area contributed by atoms with E-state index < -0.39 is 42.0 Å². The molecule has 20 nitrogen and oxygen atoms in total. The van der Waals surface area contributed by atoms with E-state index in [2.05, 4.69) is 54.2 Å². The maximum Gasteiger partial charge on any atom is 0.167 e. The molecule has 0 amide bonds. The Labute approximate surface area is 430 Å². The van der Waals surface area contributed by atoms with Crippen molar-refractivity contribution in [3.63, 3.8) is 0 Å². The summed E-state index contributed by atoms with van der Waals surface area (Å²) in [5.41, 5.74) is 1.05. The molecule has 0 radical (unpaired) electrons. The molecule has 8 atom stereocenters. The van der Waals surface area contributed by atoms with Crippen LogP contribution in [-0.4, -0.2) is 118 Å². The van der Waals surface area contributed by atoms with Gasteiger partial charge in [0.05, 0.1) is 49.0 Å². The maximum atomic E-state index is 13.6. The van der Waals surface area contributed by atoms with Gasteiger partial charge in [-0.25, -0.2) is 36.8 Å². The first-order valence-electron chi connectivity index (χ1n) is 23.3. The molecule has 24 heteroatoms. The molecular weight excluding hydrogens is 1010 g/mol. The number of para-hydroxylation sites is 2. The number of rotatable bonds is 18. The van der Waals surface area contributed by atoms with Crippen molar-refractivity contribution in [2.75, 3.05) is 41.7 Å². The molecule has 2 aliphatic heterocycles. The van der Waals surface area contributed by atoms with E-state index in [1.165, 1.54) is 24.8 Å². The average molecular weight is 1070 g/mol. The fourth-order valence-corrected chi connectivity index (χ4v) is 11.9. The van der Waals surface area contributed by atoms with Gasteiger partial charge in [0.15, 0.2) is 43.0 Å². The van der Waals surface area contributed by atoms with Crippen LogP contribution in [0.15, 0.2) is 61.2 Å². The normalized spacial score (nSPS) is 19.7. The van der Waals surface area contributed by atoms with E-state index in [4.69, 9.17) is 51.6 Å². The number of sulfone groups is 2. The Morgan fingerprint density at radius 1 is 0.569 bits per heavy atom. The lowest BCUT2D eigenvalue weighted by atomic mass is 10.0. The highest BCUT2D eigenvalue weighted by Crippen LogP contribution is 2.42. The fourth-order valence-electron chi connectivity index (χ4n) is 8.64. The second kappa shape index (κ2) is 23.1. The van der Waals surface area contributed by atoms with Gasteiger partial charge in [-0.2, -0.15) is 0 Å². The van der Waals surface area contributed by atoms with Crippen molar-refractivity contribution in [2.45, 2.75) is 100 Å². The van der Waals surface area contributed by atoms with Crippen molar-refractivity contribution < 1.29 is 45.3 Å². The Bertz CT molecular complexity index is 2790. The fraction of sp³-hybridized carbons (Fsp3) is 0.500. The standard InChI is InChI=1S/2C24H30ClN5O5S/c2*1-14-9-10-35-22(14)24-29-28-20(30(24)21-18(33-4)7-6-8-19(21)34-5)13-36(31,32)16(3)15(2)23-26-11-17(25)12-27-23/h2*6-8,11-12,14-16,22H,9-10,13H2,1-5H3/t14-,15+,16+,22+;14-,15-,16-,22+/m10/s1. The molecule has 2 aromatic carbocycles. The van der Waals surface area contributed by atoms with Crippen LogP contribution in [0.5, 0.6) is 23.0 Å². The number of aromatic nitrogens is 10. The van der Waals surface area contributed by atoms with Crippen LogP contribution in [0.1, 0.15) is 113 Å². The topological polar surface area (TPSA) is 237 Å². The monoisotopic (exact) mass is 1070 g/mol.